The number of rotatable bonds is 11. The van der Waals surface area contributed by atoms with Crippen LogP contribution >= 0.6 is 0 Å². The summed E-state index contributed by atoms with van der Waals surface area (Å²) < 4.78 is 19.1. The van der Waals surface area contributed by atoms with Crippen molar-refractivity contribution < 1.29 is 14.2 Å². The van der Waals surface area contributed by atoms with Crippen LogP contribution in [0.2, 0.25) is 0 Å². The quantitative estimate of drug-likeness (QED) is 0.162. The Bertz CT molecular complexity index is 1560. The molecule has 1 saturated heterocycles. The molecule has 11 nitrogen and oxygen atoms in total. The Morgan fingerprint density at radius 1 is 1.15 bits per heavy atom. The van der Waals surface area contributed by atoms with Crippen LogP contribution in [0.15, 0.2) is 71.5 Å². The van der Waals surface area contributed by atoms with E-state index in [1.807, 2.05) is 49.4 Å². The number of para-hydroxylation sites is 2. The molecule has 214 valence electrons. The number of anilines is 1. The van der Waals surface area contributed by atoms with Crippen molar-refractivity contribution in [1.82, 2.24) is 19.7 Å². The third-order valence-electron chi connectivity index (χ3n) is 6.97. The van der Waals surface area contributed by atoms with Gasteiger partial charge in [0.15, 0.2) is 17.3 Å². The lowest BCUT2D eigenvalue weighted by atomic mass is 10.0. The van der Waals surface area contributed by atoms with E-state index in [0.29, 0.717) is 40.9 Å². The van der Waals surface area contributed by atoms with Gasteiger partial charge in [-0.25, -0.2) is 4.79 Å². The lowest BCUT2D eigenvalue weighted by molar-refractivity contribution is 0.195. The number of nitrogens with zero attached hydrogens (tertiary/aromatic N) is 3. The Labute approximate surface area is 238 Å². The number of benzene rings is 3. The number of nitrogen functional groups attached to an aromatic ring is 1. The standard InChI is InChI=1S/C30H35N7O4/c1-4-40-26-17-20(11-14-25(26)41-22-15-16-36(2)18-22)27(33-21-12-9-19(10-13-21)28(31)32)29-34-30(38)37(35-29)23-7-5-6-8-24(23)39-3/h5-14,17,22,27,33H,4,15-16,18H2,1-3H3,(H3,31,32)(H,34,35,38). The molecule has 4 aromatic rings. The molecular weight excluding hydrogens is 522 g/mol. The Hall–Kier alpha value is -4.77. The topological polar surface area (TPSA) is 144 Å². The number of H-pyrrole nitrogens is 1. The summed E-state index contributed by atoms with van der Waals surface area (Å²) in [5.74, 6) is 2.19. The Balaban J connectivity index is 1.55. The molecule has 0 radical (unpaired) electrons. The maximum Gasteiger partial charge on any atom is 0.348 e. The van der Waals surface area contributed by atoms with Gasteiger partial charge in [0, 0.05) is 24.3 Å². The number of aromatic nitrogens is 3. The third-order valence-corrected chi connectivity index (χ3v) is 6.97. The van der Waals surface area contributed by atoms with Crippen LogP contribution in [0, 0.1) is 5.41 Å². The first kappa shape index (κ1) is 27.8. The van der Waals surface area contributed by atoms with Crippen LogP contribution < -0.4 is 31.0 Å². The van der Waals surface area contributed by atoms with Gasteiger partial charge in [0.2, 0.25) is 0 Å². The van der Waals surface area contributed by atoms with Gasteiger partial charge in [-0.1, -0.05) is 18.2 Å². The molecule has 0 spiro atoms. The molecule has 0 aliphatic carbocycles. The number of nitrogens with one attached hydrogen (secondary N) is 3. The highest BCUT2D eigenvalue weighted by Crippen LogP contribution is 2.35. The van der Waals surface area contributed by atoms with Gasteiger partial charge in [0.1, 0.15) is 29.4 Å². The molecule has 2 heterocycles. The summed E-state index contributed by atoms with van der Waals surface area (Å²) in [6.07, 6.45) is 1.04. The van der Waals surface area contributed by atoms with Crippen LogP contribution in [-0.2, 0) is 0 Å². The lowest BCUT2D eigenvalue weighted by Crippen LogP contribution is -2.22. The maximum absolute atomic E-state index is 13.1. The van der Waals surface area contributed by atoms with Crippen molar-refractivity contribution in [2.75, 3.05) is 39.2 Å². The number of nitrogens with two attached hydrogens (primary N) is 1. The average molecular weight is 558 g/mol. The minimum atomic E-state index is -0.562. The van der Waals surface area contributed by atoms with Gasteiger partial charge in [-0.05, 0) is 74.5 Å². The number of likely N-dealkylation sites (tertiary alicyclic amines) is 1. The average Bonchev–Trinajstić information content (AvgIpc) is 3.57. The summed E-state index contributed by atoms with van der Waals surface area (Å²) in [6, 6.07) is 19.6. The number of ether oxygens (including phenoxy) is 3. The number of methoxy groups -OCH3 is 1. The lowest BCUT2D eigenvalue weighted by Gasteiger charge is -2.22. The summed E-state index contributed by atoms with van der Waals surface area (Å²) in [6.45, 7) is 4.24. The highest BCUT2D eigenvalue weighted by Gasteiger charge is 2.25. The van der Waals surface area contributed by atoms with E-state index in [0.717, 1.165) is 30.8 Å². The van der Waals surface area contributed by atoms with Crippen molar-refractivity contribution in [2.45, 2.75) is 25.5 Å². The fourth-order valence-corrected chi connectivity index (χ4v) is 4.90. The zero-order valence-corrected chi connectivity index (χ0v) is 23.4. The third kappa shape index (κ3) is 6.20. The zero-order valence-electron chi connectivity index (χ0n) is 23.4. The largest absolute Gasteiger partial charge is 0.494 e. The molecule has 1 fully saturated rings. The van der Waals surface area contributed by atoms with E-state index in [1.165, 1.54) is 4.68 Å². The van der Waals surface area contributed by atoms with Gasteiger partial charge in [-0.3, -0.25) is 10.4 Å². The predicted octanol–water partition coefficient (Wildman–Crippen LogP) is 3.54. The van der Waals surface area contributed by atoms with Crippen molar-refractivity contribution in [2.24, 2.45) is 5.73 Å². The maximum atomic E-state index is 13.1. The van der Waals surface area contributed by atoms with Gasteiger partial charge in [0.25, 0.3) is 0 Å². The van der Waals surface area contributed by atoms with E-state index < -0.39 is 11.7 Å². The monoisotopic (exact) mass is 557 g/mol. The second-order valence-electron chi connectivity index (χ2n) is 9.90. The number of likely N-dealkylation sites (N-methyl/N-ethyl adjacent to an activating group) is 1. The van der Waals surface area contributed by atoms with Crippen LogP contribution in [0.25, 0.3) is 5.69 Å². The van der Waals surface area contributed by atoms with Crippen LogP contribution in [-0.4, -0.2) is 65.5 Å². The highest BCUT2D eigenvalue weighted by atomic mass is 16.5. The van der Waals surface area contributed by atoms with Crippen molar-refractivity contribution in [3.63, 3.8) is 0 Å². The second-order valence-corrected chi connectivity index (χ2v) is 9.90. The summed E-state index contributed by atoms with van der Waals surface area (Å²) in [4.78, 5) is 18.3. The van der Waals surface area contributed by atoms with Gasteiger partial charge in [-0.2, -0.15) is 4.68 Å². The number of aromatic amines is 1. The normalized spacial score (nSPS) is 15.8. The molecule has 41 heavy (non-hydrogen) atoms. The summed E-state index contributed by atoms with van der Waals surface area (Å²) >= 11 is 0. The van der Waals surface area contributed by atoms with Crippen LogP contribution in [0.5, 0.6) is 17.2 Å². The van der Waals surface area contributed by atoms with Crippen LogP contribution in [0.4, 0.5) is 5.69 Å². The molecule has 0 bridgehead atoms. The van der Waals surface area contributed by atoms with Crippen LogP contribution in [0.1, 0.15) is 36.3 Å². The van der Waals surface area contributed by atoms with Gasteiger partial charge in [0.05, 0.1) is 13.7 Å². The fraction of sp³-hybridized carbons (Fsp3) is 0.300. The molecule has 5 rings (SSSR count). The molecule has 1 aliphatic heterocycles. The molecule has 1 aliphatic rings. The first-order valence-corrected chi connectivity index (χ1v) is 13.5. The minimum Gasteiger partial charge on any atom is -0.494 e. The summed E-state index contributed by atoms with van der Waals surface area (Å²) in [7, 11) is 3.63. The SMILES string of the molecule is CCOc1cc(C(Nc2ccc(C(=N)N)cc2)c2nn(-c3ccccc3OC)c(=O)[nH]2)ccc1OC1CCN(C)C1. The minimum absolute atomic E-state index is 0.0154. The molecular formula is C30H35N7O4. The van der Waals surface area contributed by atoms with Crippen LogP contribution in [0.3, 0.4) is 0 Å². The Morgan fingerprint density at radius 2 is 1.93 bits per heavy atom. The molecule has 1 aromatic heterocycles. The Kier molecular flexibility index (Phi) is 8.25. The molecule has 0 amide bonds. The van der Waals surface area contributed by atoms with E-state index in [4.69, 9.17) is 25.4 Å². The fourth-order valence-electron chi connectivity index (χ4n) is 4.90. The molecule has 2 atom stereocenters. The smallest absolute Gasteiger partial charge is 0.348 e. The number of hydrogen-bond donors (Lipinski definition) is 4. The van der Waals surface area contributed by atoms with E-state index in [2.05, 4.69) is 27.3 Å². The van der Waals surface area contributed by atoms with Crippen molar-refractivity contribution in [1.29, 1.82) is 5.41 Å². The van der Waals surface area contributed by atoms with Gasteiger partial charge >= 0.3 is 5.69 Å². The van der Waals surface area contributed by atoms with Crippen molar-refractivity contribution in [3.05, 3.63) is 94.2 Å². The van der Waals surface area contributed by atoms with Crippen molar-refractivity contribution >= 4 is 11.5 Å². The highest BCUT2D eigenvalue weighted by molar-refractivity contribution is 5.95. The summed E-state index contributed by atoms with van der Waals surface area (Å²) in [5.41, 5.74) is 7.93. The molecule has 0 saturated carbocycles. The summed E-state index contributed by atoms with van der Waals surface area (Å²) in [5, 5.41) is 15.8. The first-order valence-electron chi connectivity index (χ1n) is 13.5. The molecule has 5 N–H and O–H groups in total. The van der Waals surface area contributed by atoms with Crippen molar-refractivity contribution in [3.8, 4) is 22.9 Å². The molecule has 3 aromatic carbocycles. The zero-order chi connectivity index (χ0) is 28.9. The van der Waals surface area contributed by atoms with E-state index in [9.17, 15) is 4.79 Å². The number of amidine groups is 1. The predicted molar refractivity (Wildman–Crippen MR) is 158 cm³/mol. The van der Waals surface area contributed by atoms with Gasteiger partial charge in [-0.15, -0.1) is 5.10 Å². The van der Waals surface area contributed by atoms with E-state index >= 15 is 0 Å². The molecule has 2 unspecified atom stereocenters. The van der Waals surface area contributed by atoms with E-state index in [-0.39, 0.29) is 11.9 Å². The number of hydrogen-bond acceptors (Lipinski definition) is 8. The van der Waals surface area contributed by atoms with Gasteiger partial charge < -0.3 is 30.2 Å². The molecule has 11 heteroatoms. The first-order chi connectivity index (χ1) is 19.9. The Morgan fingerprint density at radius 3 is 2.61 bits per heavy atom. The van der Waals surface area contributed by atoms with E-state index in [1.54, 1.807) is 31.4 Å². The second kappa shape index (κ2) is 12.2.